The summed E-state index contributed by atoms with van der Waals surface area (Å²) < 4.78 is 10.9. The first-order valence-electron chi connectivity index (χ1n) is 6.50. The zero-order valence-electron chi connectivity index (χ0n) is 11.2. The second-order valence-electron chi connectivity index (χ2n) is 4.34. The summed E-state index contributed by atoms with van der Waals surface area (Å²) in [4.78, 5) is 12.0. The average molecular weight is 279 g/mol. The van der Waals surface area contributed by atoms with E-state index in [0.717, 1.165) is 0 Å². The normalized spacial score (nSPS) is 10.1. The summed E-state index contributed by atoms with van der Waals surface area (Å²) in [7, 11) is 0. The van der Waals surface area contributed by atoms with Crippen LogP contribution in [0.3, 0.4) is 0 Å². The smallest absolute Gasteiger partial charge is 0.291 e. The van der Waals surface area contributed by atoms with Crippen molar-refractivity contribution in [2.24, 2.45) is 0 Å². The zero-order valence-corrected chi connectivity index (χ0v) is 11.2. The fourth-order valence-electron chi connectivity index (χ4n) is 1.87. The number of anilines is 1. The summed E-state index contributed by atoms with van der Waals surface area (Å²) in [5, 5.41) is 2.78. The van der Waals surface area contributed by atoms with E-state index in [1.165, 1.54) is 6.26 Å². The van der Waals surface area contributed by atoms with Crippen molar-refractivity contribution in [1.29, 1.82) is 0 Å². The van der Waals surface area contributed by atoms with Crippen LogP contribution in [0.5, 0.6) is 11.5 Å². The molecule has 104 valence electrons. The summed E-state index contributed by atoms with van der Waals surface area (Å²) in [5.41, 5.74) is 0.586. The lowest BCUT2D eigenvalue weighted by Gasteiger charge is -2.11. The van der Waals surface area contributed by atoms with Gasteiger partial charge in [0.15, 0.2) is 11.5 Å². The Balaban J connectivity index is 1.81. The van der Waals surface area contributed by atoms with Crippen LogP contribution in [-0.2, 0) is 0 Å². The van der Waals surface area contributed by atoms with Crippen LogP contribution >= 0.6 is 0 Å². The van der Waals surface area contributed by atoms with Crippen LogP contribution in [0.15, 0.2) is 77.4 Å². The quantitative estimate of drug-likeness (QED) is 0.773. The molecule has 0 unspecified atom stereocenters. The highest BCUT2D eigenvalue weighted by Crippen LogP contribution is 2.29. The van der Waals surface area contributed by atoms with Crippen molar-refractivity contribution in [2.75, 3.05) is 5.32 Å². The van der Waals surface area contributed by atoms with E-state index in [2.05, 4.69) is 5.32 Å². The number of carbonyl (C=O) groups excluding carboxylic acids is 1. The molecule has 3 aromatic rings. The van der Waals surface area contributed by atoms with Gasteiger partial charge in [0.1, 0.15) is 5.75 Å². The SMILES string of the molecule is O=C(Nc1ccccc1Oc1ccccc1)c1ccco1. The molecule has 1 aromatic heterocycles. The minimum absolute atomic E-state index is 0.254. The van der Waals surface area contributed by atoms with E-state index in [0.29, 0.717) is 17.2 Å². The minimum atomic E-state index is -0.316. The Morgan fingerprint density at radius 1 is 0.905 bits per heavy atom. The Bertz CT molecular complexity index is 721. The summed E-state index contributed by atoms with van der Waals surface area (Å²) >= 11 is 0. The number of ether oxygens (including phenoxy) is 1. The van der Waals surface area contributed by atoms with Crippen LogP contribution < -0.4 is 10.1 Å². The third-order valence-corrected chi connectivity index (χ3v) is 2.85. The predicted molar refractivity (Wildman–Crippen MR) is 79.6 cm³/mol. The summed E-state index contributed by atoms with van der Waals surface area (Å²) in [6.45, 7) is 0. The average Bonchev–Trinajstić information content (AvgIpc) is 3.05. The first-order chi connectivity index (χ1) is 10.3. The molecule has 3 rings (SSSR count). The Morgan fingerprint density at radius 2 is 1.67 bits per heavy atom. The van der Waals surface area contributed by atoms with Crippen LogP contribution in [-0.4, -0.2) is 5.91 Å². The third-order valence-electron chi connectivity index (χ3n) is 2.85. The first-order valence-corrected chi connectivity index (χ1v) is 6.50. The van der Waals surface area contributed by atoms with Crippen LogP contribution in [0, 0.1) is 0 Å². The highest BCUT2D eigenvalue weighted by molar-refractivity contribution is 6.03. The zero-order chi connectivity index (χ0) is 14.5. The molecule has 0 radical (unpaired) electrons. The van der Waals surface area contributed by atoms with Gasteiger partial charge < -0.3 is 14.5 Å². The van der Waals surface area contributed by atoms with Gasteiger partial charge in [0.05, 0.1) is 12.0 Å². The lowest BCUT2D eigenvalue weighted by molar-refractivity contribution is 0.0996. The summed E-state index contributed by atoms with van der Waals surface area (Å²) in [5.74, 6) is 1.22. The molecule has 1 N–H and O–H groups in total. The number of hydrogen-bond donors (Lipinski definition) is 1. The second-order valence-corrected chi connectivity index (χ2v) is 4.34. The number of hydrogen-bond acceptors (Lipinski definition) is 3. The Labute approximate surface area is 122 Å². The maximum Gasteiger partial charge on any atom is 0.291 e. The molecule has 0 spiro atoms. The molecule has 0 saturated heterocycles. The molecule has 1 amide bonds. The number of benzene rings is 2. The van der Waals surface area contributed by atoms with Crippen LogP contribution in [0.2, 0.25) is 0 Å². The molecule has 0 saturated carbocycles. The largest absolute Gasteiger partial charge is 0.459 e. The highest BCUT2D eigenvalue weighted by Gasteiger charge is 2.12. The van der Waals surface area contributed by atoms with E-state index in [1.807, 2.05) is 42.5 Å². The lowest BCUT2D eigenvalue weighted by Crippen LogP contribution is -2.11. The molecule has 4 nitrogen and oxygen atoms in total. The van der Waals surface area contributed by atoms with Gasteiger partial charge >= 0.3 is 0 Å². The van der Waals surface area contributed by atoms with Crippen LogP contribution in [0.25, 0.3) is 0 Å². The molecule has 2 aromatic carbocycles. The van der Waals surface area contributed by atoms with Gasteiger partial charge in [-0.25, -0.2) is 0 Å². The van der Waals surface area contributed by atoms with E-state index < -0.39 is 0 Å². The van der Waals surface area contributed by atoms with Crippen molar-refractivity contribution in [2.45, 2.75) is 0 Å². The van der Waals surface area contributed by atoms with Gasteiger partial charge in [-0.1, -0.05) is 30.3 Å². The fourth-order valence-corrected chi connectivity index (χ4v) is 1.87. The molecular formula is C17H13NO3. The van der Waals surface area contributed by atoms with Gasteiger partial charge in [0.25, 0.3) is 5.91 Å². The number of nitrogens with one attached hydrogen (secondary N) is 1. The topological polar surface area (TPSA) is 51.5 Å². The molecule has 0 fully saturated rings. The second kappa shape index (κ2) is 5.96. The van der Waals surface area contributed by atoms with E-state index >= 15 is 0 Å². The summed E-state index contributed by atoms with van der Waals surface area (Å²) in [6, 6.07) is 19.9. The molecule has 0 aliphatic rings. The first kappa shape index (κ1) is 13.0. The molecular weight excluding hydrogens is 266 g/mol. The minimum Gasteiger partial charge on any atom is -0.459 e. The molecule has 4 heteroatoms. The highest BCUT2D eigenvalue weighted by atomic mass is 16.5. The van der Waals surface area contributed by atoms with Gasteiger partial charge in [-0.2, -0.15) is 0 Å². The number of furan rings is 1. The standard InChI is InChI=1S/C17H13NO3/c19-17(16-11-6-12-20-16)18-14-9-4-5-10-15(14)21-13-7-2-1-3-8-13/h1-12H,(H,18,19). The Kier molecular flexibility index (Phi) is 3.69. The van der Waals surface area contributed by atoms with E-state index in [9.17, 15) is 4.79 Å². The predicted octanol–water partition coefficient (Wildman–Crippen LogP) is 4.32. The van der Waals surface area contributed by atoms with Crippen molar-refractivity contribution >= 4 is 11.6 Å². The Hall–Kier alpha value is -3.01. The molecule has 21 heavy (non-hydrogen) atoms. The van der Waals surface area contributed by atoms with Crippen molar-refractivity contribution in [3.8, 4) is 11.5 Å². The number of amides is 1. The van der Waals surface area contributed by atoms with Crippen LogP contribution in [0.1, 0.15) is 10.6 Å². The van der Waals surface area contributed by atoms with Crippen molar-refractivity contribution in [3.05, 3.63) is 78.8 Å². The van der Waals surface area contributed by atoms with Crippen molar-refractivity contribution < 1.29 is 13.9 Å². The molecule has 0 bridgehead atoms. The number of rotatable bonds is 4. The lowest BCUT2D eigenvalue weighted by atomic mass is 10.2. The van der Waals surface area contributed by atoms with Crippen LogP contribution in [0.4, 0.5) is 5.69 Å². The van der Waals surface area contributed by atoms with E-state index in [-0.39, 0.29) is 11.7 Å². The maximum atomic E-state index is 12.0. The molecule has 1 heterocycles. The van der Waals surface area contributed by atoms with Gasteiger partial charge in [0.2, 0.25) is 0 Å². The number of para-hydroxylation sites is 3. The molecule has 0 aliphatic carbocycles. The van der Waals surface area contributed by atoms with Crippen molar-refractivity contribution in [3.63, 3.8) is 0 Å². The van der Waals surface area contributed by atoms with Gasteiger partial charge in [-0.05, 0) is 36.4 Å². The number of carbonyl (C=O) groups is 1. The van der Waals surface area contributed by atoms with E-state index in [4.69, 9.17) is 9.15 Å². The fraction of sp³-hybridized carbons (Fsp3) is 0. The van der Waals surface area contributed by atoms with Crippen molar-refractivity contribution in [1.82, 2.24) is 0 Å². The Morgan fingerprint density at radius 3 is 2.43 bits per heavy atom. The molecule has 0 aliphatic heterocycles. The third kappa shape index (κ3) is 3.12. The monoisotopic (exact) mass is 279 g/mol. The van der Waals surface area contributed by atoms with Gasteiger partial charge in [-0.15, -0.1) is 0 Å². The molecule has 0 atom stereocenters. The maximum absolute atomic E-state index is 12.0. The van der Waals surface area contributed by atoms with Gasteiger partial charge in [-0.3, -0.25) is 4.79 Å². The van der Waals surface area contributed by atoms with Gasteiger partial charge in [0, 0.05) is 0 Å². The summed E-state index contributed by atoms with van der Waals surface area (Å²) in [6.07, 6.45) is 1.46. The van der Waals surface area contributed by atoms with E-state index in [1.54, 1.807) is 24.3 Å².